The van der Waals surface area contributed by atoms with Gasteiger partial charge in [0.1, 0.15) is 5.15 Å². The Labute approximate surface area is 130 Å². The summed E-state index contributed by atoms with van der Waals surface area (Å²) in [5.41, 5.74) is 0.416. The molecule has 0 spiro atoms. The molecule has 1 amide bonds. The summed E-state index contributed by atoms with van der Waals surface area (Å²) >= 11 is 5.71. The second-order valence-corrected chi connectivity index (χ2v) is 8.16. The Kier molecular flexibility index (Phi) is 4.88. The smallest absolute Gasteiger partial charge is 0.255 e. The van der Waals surface area contributed by atoms with Crippen molar-refractivity contribution in [1.82, 2.24) is 9.88 Å². The summed E-state index contributed by atoms with van der Waals surface area (Å²) in [6, 6.07) is 2.88. The van der Waals surface area contributed by atoms with Crippen LogP contribution in [0.5, 0.6) is 0 Å². The highest BCUT2D eigenvalue weighted by Crippen LogP contribution is 2.28. The minimum Gasteiger partial charge on any atom is -0.337 e. The summed E-state index contributed by atoms with van der Waals surface area (Å²) in [5, 5.41) is -0.165. The predicted molar refractivity (Wildman–Crippen MR) is 82.2 cm³/mol. The number of sulfone groups is 1. The molecule has 0 bridgehead atoms. The second-order valence-electron chi connectivity index (χ2n) is 5.51. The molecule has 0 aromatic carbocycles. The summed E-state index contributed by atoms with van der Waals surface area (Å²) in [6.45, 7) is 0. The van der Waals surface area contributed by atoms with Crippen molar-refractivity contribution in [3.05, 3.63) is 29.0 Å². The van der Waals surface area contributed by atoms with Crippen LogP contribution in [0, 0.1) is 0 Å². The van der Waals surface area contributed by atoms with E-state index in [1.54, 1.807) is 19.2 Å². The van der Waals surface area contributed by atoms with Gasteiger partial charge in [0.15, 0.2) is 9.84 Å². The van der Waals surface area contributed by atoms with Crippen molar-refractivity contribution in [3.8, 4) is 0 Å². The summed E-state index contributed by atoms with van der Waals surface area (Å²) in [5.74, 6) is -0.222. The van der Waals surface area contributed by atoms with E-state index >= 15 is 0 Å². The highest BCUT2D eigenvalue weighted by molar-refractivity contribution is 7.91. The van der Waals surface area contributed by atoms with E-state index in [0.29, 0.717) is 23.6 Å². The van der Waals surface area contributed by atoms with E-state index in [4.69, 9.17) is 11.6 Å². The molecule has 1 heterocycles. The molecule has 2 atom stereocenters. The highest BCUT2D eigenvalue weighted by Gasteiger charge is 2.37. The predicted octanol–water partition coefficient (Wildman–Crippen LogP) is 2.16. The zero-order valence-corrected chi connectivity index (χ0v) is 13.7. The minimum absolute atomic E-state index is 0.222. The lowest BCUT2D eigenvalue weighted by Gasteiger charge is -2.36. The van der Waals surface area contributed by atoms with Crippen LogP contribution >= 0.6 is 11.6 Å². The van der Waals surface area contributed by atoms with Gasteiger partial charge in [0.05, 0.1) is 10.8 Å². The highest BCUT2D eigenvalue weighted by atomic mass is 35.5. The Morgan fingerprint density at radius 2 is 2.00 bits per heavy atom. The van der Waals surface area contributed by atoms with E-state index in [1.807, 2.05) is 0 Å². The van der Waals surface area contributed by atoms with Gasteiger partial charge in [0.25, 0.3) is 5.91 Å². The molecular weight excluding hydrogens is 312 g/mol. The standard InChI is InChI=1S/C14H19ClN2O3S/c1-17(14(18)10-7-8-13(15)16-9-10)11-5-3-4-6-12(11)21(2,19)20/h7-9,11-12H,3-6H2,1-2H3. The van der Waals surface area contributed by atoms with Crippen molar-refractivity contribution in [2.75, 3.05) is 13.3 Å². The maximum Gasteiger partial charge on any atom is 0.255 e. The molecule has 1 aromatic rings. The van der Waals surface area contributed by atoms with E-state index in [-0.39, 0.29) is 11.9 Å². The summed E-state index contributed by atoms with van der Waals surface area (Å²) in [6.07, 6.45) is 5.81. The summed E-state index contributed by atoms with van der Waals surface area (Å²) < 4.78 is 23.9. The van der Waals surface area contributed by atoms with E-state index in [2.05, 4.69) is 4.98 Å². The lowest BCUT2D eigenvalue weighted by molar-refractivity contribution is 0.0700. The van der Waals surface area contributed by atoms with E-state index in [0.717, 1.165) is 12.8 Å². The SMILES string of the molecule is CN(C(=O)c1ccc(Cl)nc1)C1CCCCC1S(C)(=O)=O. The Hall–Kier alpha value is -1.14. The number of carbonyl (C=O) groups excluding carboxylic acids is 1. The van der Waals surface area contributed by atoms with Gasteiger partial charge in [-0.05, 0) is 25.0 Å². The van der Waals surface area contributed by atoms with Gasteiger partial charge >= 0.3 is 0 Å². The molecule has 1 fully saturated rings. The van der Waals surface area contributed by atoms with E-state index in [1.165, 1.54) is 17.4 Å². The van der Waals surface area contributed by atoms with Crippen molar-refractivity contribution in [3.63, 3.8) is 0 Å². The second kappa shape index (κ2) is 6.32. The van der Waals surface area contributed by atoms with Crippen LogP contribution in [-0.4, -0.2) is 48.8 Å². The molecule has 1 aliphatic rings. The number of carbonyl (C=O) groups is 1. The van der Waals surface area contributed by atoms with Crippen LogP contribution in [0.15, 0.2) is 18.3 Å². The molecule has 0 saturated heterocycles. The quantitative estimate of drug-likeness (QED) is 0.796. The van der Waals surface area contributed by atoms with Crippen LogP contribution in [-0.2, 0) is 9.84 Å². The van der Waals surface area contributed by atoms with Crippen molar-refractivity contribution in [2.24, 2.45) is 0 Å². The maximum absolute atomic E-state index is 12.5. The van der Waals surface area contributed by atoms with Gasteiger partial charge in [0.2, 0.25) is 0 Å². The first-order valence-corrected chi connectivity index (χ1v) is 9.21. The van der Waals surface area contributed by atoms with E-state index in [9.17, 15) is 13.2 Å². The molecule has 5 nitrogen and oxygen atoms in total. The Morgan fingerprint density at radius 3 is 2.57 bits per heavy atom. The van der Waals surface area contributed by atoms with Crippen LogP contribution in [0.2, 0.25) is 5.15 Å². The Bertz CT molecular complexity index is 616. The molecule has 0 radical (unpaired) electrons. The first kappa shape index (κ1) is 16.2. The maximum atomic E-state index is 12.5. The van der Waals surface area contributed by atoms with Crippen LogP contribution in [0.1, 0.15) is 36.0 Å². The zero-order chi connectivity index (χ0) is 15.6. The van der Waals surface area contributed by atoms with E-state index < -0.39 is 15.1 Å². The van der Waals surface area contributed by atoms with Gasteiger partial charge in [-0.15, -0.1) is 0 Å². The van der Waals surface area contributed by atoms with Crippen molar-refractivity contribution in [1.29, 1.82) is 0 Å². The normalized spacial score (nSPS) is 22.8. The lowest BCUT2D eigenvalue weighted by atomic mass is 9.93. The minimum atomic E-state index is -3.17. The van der Waals surface area contributed by atoms with Crippen molar-refractivity contribution < 1.29 is 13.2 Å². The fourth-order valence-corrected chi connectivity index (χ4v) is 4.47. The first-order valence-electron chi connectivity index (χ1n) is 6.88. The van der Waals surface area contributed by atoms with Gasteiger partial charge in [-0.1, -0.05) is 24.4 Å². The Morgan fingerprint density at radius 1 is 1.33 bits per heavy atom. The number of hydrogen-bond acceptors (Lipinski definition) is 4. The van der Waals surface area contributed by atoms with Crippen molar-refractivity contribution in [2.45, 2.75) is 37.0 Å². The fraction of sp³-hybridized carbons (Fsp3) is 0.571. The number of nitrogens with zero attached hydrogens (tertiary/aromatic N) is 2. The van der Waals surface area contributed by atoms with Gasteiger partial charge in [-0.2, -0.15) is 0 Å². The molecule has 1 aliphatic carbocycles. The average molecular weight is 331 g/mol. The van der Waals surface area contributed by atoms with Gasteiger partial charge in [0, 0.05) is 25.5 Å². The number of amides is 1. The molecule has 116 valence electrons. The molecule has 0 N–H and O–H groups in total. The number of hydrogen-bond donors (Lipinski definition) is 0. The molecule has 2 unspecified atom stereocenters. The van der Waals surface area contributed by atoms with Crippen LogP contribution in [0.3, 0.4) is 0 Å². The largest absolute Gasteiger partial charge is 0.337 e. The third-order valence-corrected chi connectivity index (χ3v) is 5.88. The number of rotatable bonds is 3. The number of aromatic nitrogens is 1. The summed E-state index contributed by atoms with van der Waals surface area (Å²) in [7, 11) is -1.52. The number of halogens is 1. The molecule has 1 aromatic heterocycles. The van der Waals surface area contributed by atoms with Gasteiger partial charge in [-0.25, -0.2) is 13.4 Å². The molecule has 2 rings (SSSR count). The van der Waals surface area contributed by atoms with Crippen LogP contribution in [0.4, 0.5) is 0 Å². The van der Waals surface area contributed by atoms with Crippen molar-refractivity contribution >= 4 is 27.3 Å². The molecular formula is C14H19ClN2O3S. The Balaban J connectivity index is 2.22. The molecule has 1 saturated carbocycles. The van der Waals surface area contributed by atoms with Gasteiger partial charge < -0.3 is 4.90 Å². The fourth-order valence-electron chi connectivity index (χ4n) is 2.88. The lowest BCUT2D eigenvalue weighted by Crippen LogP contribution is -2.49. The monoisotopic (exact) mass is 330 g/mol. The topological polar surface area (TPSA) is 67.3 Å². The molecule has 7 heteroatoms. The molecule has 21 heavy (non-hydrogen) atoms. The summed E-state index contributed by atoms with van der Waals surface area (Å²) in [4.78, 5) is 17.9. The third kappa shape index (κ3) is 3.74. The average Bonchev–Trinajstić information content (AvgIpc) is 2.45. The zero-order valence-electron chi connectivity index (χ0n) is 12.1. The van der Waals surface area contributed by atoms with Crippen LogP contribution in [0.25, 0.3) is 0 Å². The van der Waals surface area contributed by atoms with Crippen LogP contribution < -0.4 is 0 Å². The molecule has 0 aliphatic heterocycles. The number of pyridine rings is 1. The van der Waals surface area contributed by atoms with Gasteiger partial charge in [-0.3, -0.25) is 4.79 Å². The third-order valence-electron chi connectivity index (χ3n) is 4.01. The first-order chi connectivity index (χ1) is 9.80.